The lowest BCUT2D eigenvalue weighted by Gasteiger charge is -2.07. The molecule has 4 nitrogen and oxygen atoms in total. The van der Waals surface area contributed by atoms with Crippen molar-refractivity contribution in [2.75, 3.05) is 6.61 Å². The Bertz CT molecular complexity index is 234. The molecule has 0 aliphatic carbocycles. The van der Waals surface area contributed by atoms with E-state index >= 15 is 0 Å². The normalized spacial score (nSPS) is 39.0. The Labute approximate surface area is 67.7 Å². The highest BCUT2D eigenvalue weighted by molar-refractivity contribution is 5.87. The van der Waals surface area contributed by atoms with Gasteiger partial charge in [0.25, 0.3) is 0 Å². The summed E-state index contributed by atoms with van der Waals surface area (Å²) in [7, 11) is 0. The van der Waals surface area contributed by atoms with Gasteiger partial charge in [0.1, 0.15) is 6.04 Å². The summed E-state index contributed by atoms with van der Waals surface area (Å²) in [5, 5.41) is 2.25. The highest BCUT2D eigenvalue weighted by Crippen LogP contribution is 2.07. The van der Waals surface area contributed by atoms with Crippen molar-refractivity contribution in [1.29, 1.82) is 0 Å². The van der Waals surface area contributed by atoms with Crippen molar-refractivity contribution in [3.8, 4) is 0 Å². The van der Waals surface area contributed by atoms with E-state index in [9.17, 15) is 9.59 Å². The zero-order valence-corrected chi connectivity index (χ0v) is 6.16. The second-order valence-electron chi connectivity index (χ2n) is 2.10. The van der Waals surface area contributed by atoms with Gasteiger partial charge >= 0.3 is 5.97 Å². The molecule has 0 spiro atoms. The van der Waals surface area contributed by atoms with E-state index in [-0.39, 0.29) is 6.61 Å². The minimum Gasteiger partial charge on any atom is -0.464 e. The first-order chi connectivity index (χ1) is 6.07. The lowest BCUT2D eigenvalue weighted by molar-refractivity contribution is -0.145. The predicted octanol–water partition coefficient (Wildman–Crippen LogP) is -0.172. The average molecular weight is 159 g/mol. The second-order valence-corrected chi connectivity index (χ2v) is 2.10. The Kier molecular flexibility index (Phi) is 1.71. The van der Waals surface area contributed by atoms with E-state index in [0.29, 0.717) is 0 Å². The molecular formula is C7H11NO3. The van der Waals surface area contributed by atoms with Crippen LogP contribution >= 0.6 is 0 Å². The molecular weight excluding hydrogens is 146 g/mol. The van der Waals surface area contributed by atoms with E-state index in [2.05, 4.69) is 10.1 Å². The third-order valence-electron chi connectivity index (χ3n) is 1.28. The lowest BCUT2D eigenvalue weighted by Crippen LogP contribution is -2.34. The number of carbonyl (C=O) groups excluding carboxylic acids is 2. The summed E-state index contributed by atoms with van der Waals surface area (Å²) >= 11 is 0. The number of hydrogen-bond acceptors (Lipinski definition) is 3. The zero-order chi connectivity index (χ0) is 10.0. The Morgan fingerprint density at radius 2 is 2.73 bits per heavy atom. The number of ether oxygens (including phenoxy) is 1. The van der Waals surface area contributed by atoms with Crippen molar-refractivity contribution >= 4 is 11.9 Å². The van der Waals surface area contributed by atoms with Crippen molar-refractivity contribution in [3.63, 3.8) is 0 Å². The molecule has 1 amide bonds. The first kappa shape index (κ1) is 5.57. The quantitative estimate of drug-likeness (QED) is 0.569. The molecule has 1 aliphatic rings. The Morgan fingerprint density at radius 3 is 3.18 bits per heavy atom. The van der Waals surface area contributed by atoms with Gasteiger partial charge in [-0.05, 0) is 13.3 Å². The van der Waals surface area contributed by atoms with E-state index < -0.39 is 30.7 Å². The average Bonchev–Trinajstić information content (AvgIpc) is 2.33. The molecule has 4 heteroatoms. The monoisotopic (exact) mass is 159 g/mol. The number of carbonyl (C=O) groups is 2. The molecule has 0 saturated carbocycles. The molecule has 1 saturated heterocycles. The van der Waals surface area contributed by atoms with Gasteiger partial charge in [-0.15, -0.1) is 0 Å². The molecule has 0 aromatic heterocycles. The van der Waals surface area contributed by atoms with Crippen molar-refractivity contribution in [3.05, 3.63) is 0 Å². The van der Waals surface area contributed by atoms with Crippen LogP contribution in [0.4, 0.5) is 0 Å². The molecule has 0 aromatic carbocycles. The fourth-order valence-corrected chi connectivity index (χ4v) is 0.803. The van der Waals surface area contributed by atoms with E-state index in [4.69, 9.17) is 2.74 Å². The van der Waals surface area contributed by atoms with Crippen molar-refractivity contribution in [2.24, 2.45) is 0 Å². The van der Waals surface area contributed by atoms with Gasteiger partial charge in [0, 0.05) is 9.14 Å². The highest BCUT2D eigenvalue weighted by Gasteiger charge is 2.27. The van der Waals surface area contributed by atoms with Gasteiger partial charge in [0.15, 0.2) is 0 Å². The van der Waals surface area contributed by atoms with Crippen LogP contribution in [0.3, 0.4) is 0 Å². The Balaban J connectivity index is 2.62. The smallest absolute Gasteiger partial charge is 0.328 e. The maximum Gasteiger partial charge on any atom is 0.328 e. The number of nitrogens with one attached hydrogen (secondary N) is 1. The second kappa shape index (κ2) is 3.37. The summed E-state index contributed by atoms with van der Waals surface area (Å²) in [6, 6.07) is -0.977. The molecule has 11 heavy (non-hydrogen) atoms. The van der Waals surface area contributed by atoms with Crippen LogP contribution in [0.25, 0.3) is 0 Å². The lowest BCUT2D eigenvalue weighted by atomic mass is 10.2. The number of amides is 1. The molecule has 1 N–H and O–H groups in total. The van der Waals surface area contributed by atoms with E-state index in [1.54, 1.807) is 6.92 Å². The minimum absolute atomic E-state index is 0.209. The first-order valence-electron chi connectivity index (χ1n) is 4.55. The van der Waals surface area contributed by atoms with Crippen molar-refractivity contribution in [1.82, 2.24) is 5.32 Å². The van der Waals surface area contributed by atoms with Gasteiger partial charge in [-0.3, -0.25) is 4.79 Å². The maximum atomic E-state index is 11.1. The van der Waals surface area contributed by atoms with Crippen LogP contribution in [-0.2, 0) is 14.3 Å². The third kappa shape index (κ3) is 1.93. The fourth-order valence-electron chi connectivity index (χ4n) is 0.803. The van der Waals surface area contributed by atoms with Crippen molar-refractivity contribution < 1.29 is 17.1 Å². The summed E-state index contributed by atoms with van der Waals surface area (Å²) in [6.07, 6.45) is -2.25. The molecule has 3 atom stereocenters. The fraction of sp³-hybridized carbons (Fsp3) is 0.714. The number of esters is 1. The SMILES string of the molecule is [2H][C@@H]1[C@H]([2H])C(=O)N[C@@H]1C(=O)OCC. The highest BCUT2D eigenvalue weighted by atomic mass is 16.5. The van der Waals surface area contributed by atoms with Gasteiger partial charge in [-0.2, -0.15) is 0 Å². The largest absolute Gasteiger partial charge is 0.464 e. The van der Waals surface area contributed by atoms with Crippen LogP contribution in [-0.4, -0.2) is 24.5 Å². The third-order valence-corrected chi connectivity index (χ3v) is 1.28. The van der Waals surface area contributed by atoms with Crippen LogP contribution in [0.2, 0.25) is 0 Å². The zero-order valence-electron chi connectivity index (χ0n) is 8.16. The van der Waals surface area contributed by atoms with Gasteiger partial charge in [0.2, 0.25) is 5.91 Å². The van der Waals surface area contributed by atoms with Gasteiger partial charge in [-0.1, -0.05) is 0 Å². The van der Waals surface area contributed by atoms with Crippen LogP contribution in [0.15, 0.2) is 0 Å². The van der Waals surface area contributed by atoms with Crippen LogP contribution in [0.5, 0.6) is 0 Å². The van der Waals surface area contributed by atoms with Crippen LogP contribution < -0.4 is 5.32 Å². The standard InChI is InChI=1S/C7H11NO3/c1-2-11-7(10)5-3-4-6(9)8-5/h5H,2-4H2,1H3,(H,8,9)/t5-/m0/s1/i3D,4D/t3-,4+,5+/m1. The van der Waals surface area contributed by atoms with E-state index in [0.717, 1.165) is 0 Å². The van der Waals surface area contributed by atoms with E-state index in [1.165, 1.54) is 0 Å². The number of hydrogen-bond donors (Lipinski definition) is 1. The van der Waals surface area contributed by atoms with Crippen molar-refractivity contribution in [2.45, 2.75) is 25.8 Å². The molecule has 1 rings (SSSR count). The van der Waals surface area contributed by atoms with Crippen LogP contribution in [0.1, 0.15) is 22.5 Å². The summed E-state index contributed by atoms with van der Waals surface area (Å²) in [6.45, 7) is 1.85. The minimum atomic E-state index is -1.19. The number of rotatable bonds is 2. The maximum absolute atomic E-state index is 11.1. The Hall–Kier alpha value is -1.06. The van der Waals surface area contributed by atoms with Gasteiger partial charge in [-0.25, -0.2) is 4.79 Å². The van der Waals surface area contributed by atoms with Gasteiger partial charge < -0.3 is 10.1 Å². The molecule has 1 heterocycles. The molecule has 0 radical (unpaired) electrons. The molecule has 1 fully saturated rings. The molecule has 0 unspecified atom stereocenters. The molecule has 0 aromatic rings. The van der Waals surface area contributed by atoms with Crippen LogP contribution in [0, 0.1) is 0 Å². The summed E-state index contributed by atoms with van der Waals surface area (Å²) in [4.78, 5) is 22.0. The summed E-state index contributed by atoms with van der Waals surface area (Å²) < 4.78 is 19.2. The van der Waals surface area contributed by atoms with Gasteiger partial charge in [0.05, 0.1) is 6.61 Å². The molecule has 1 aliphatic heterocycles. The first-order valence-corrected chi connectivity index (χ1v) is 3.39. The molecule has 62 valence electrons. The summed E-state index contributed by atoms with van der Waals surface area (Å²) in [5.41, 5.74) is 0. The Morgan fingerprint density at radius 1 is 2.00 bits per heavy atom. The predicted molar refractivity (Wildman–Crippen MR) is 37.8 cm³/mol. The summed E-state index contributed by atoms with van der Waals surface area (Å²) in [5.74, 6) is -1.22. The topological polar surface area (TPSA) is 55.4 Å². The van der Waals surface area contributed by atoms with E-state index in [1.807, 2.05) is 0 Å². The molecule has 0 bridgehead atoms.